The molecule has 0 radical (unpaired) electrons. The molecule has 2 heterocycles. The summed E-state index contributed by atoms with van der Waals surface area (Å²) < 4.78 is 0. The first kappa shape index (κ1) is 17.4. The average Bonchev–Trinajstić information content (AvgIpc) is 3.48. The van der Waals surface area contributed by atoms with Crippen LogP contribution in [-0.2, 0) is 0 Å². The Kier molecular flexibility index (Phi) is 3.48. The molecule has 6 rings (SSSR count). The molecule has 2 aliphatic rings. The van der Waals surface area contributed by atoms with Crippen molar-refractivity contribution in [3.05, 3.63) is 100 Å². The van der Waals surface area contributed by atoms with Gasteiger partial charge in [0.25, 0.3) is 0 Å². The second-order valence-electron chi connectivity index (χ2n) is 7.16. The van der Waals surface area contributed by atoms with Crippen molar-refractivity contribution in [1.82, 2.24) is 0 Å². The van der Waals surface area contributed by atoms with Crippen LogP contribution in [0.15, 0.2) is 78.5 Å². The molecule has 142 valence electrons. The minimum atomic E-state index is -0.645. The van der Waals surface area contributed by atoms with Crippen LogP contribution >= 0.6 is 22.7 Å². The van der Waals surface area contributed by atoms with Crippen molar-refractivity contribution in [3.63, 3.8) is 0 Å². The topological polar surface area (TPSA) is 68.3 Å². The van der Waals surface area contributed by atoms with E-state index < -0.39 is 21.7 Å². The van der Waals surface area contributed by atoms with E-state index in [-0.39, 0.29) is 21.5 Å². The van der Waals surface area contributed by atoms with E-state index >= 15 is 0 Å². The van der Waals surface area contributed by atoms with E-state index in [1.54, 1.807) is 24.3 Å². The molecule has 30 heavy (non-hydrogen) atoms. The average molecular weight is 426 g/mol. The third-order valence-corrected chi connectivity index (χ3v) is 7.37. The van der Waals surface area contributed by atoms with Crippen LogP contribution in [0.4, 0.5) is 0 Å². The monoisotopic (exact) mass is 426 g/mol. The van der Waals surface area contributed by atoms with Gasteiger partial charge in [0.2, 0.25) is 21.7 Å². The number of rotatable bonds is 2. The molecule has 0 spiro atoms. The molecule has 0 fully saturated rings. The number of thiophene rings is 2. The molecule has 0 saturated heterocycles. The second-order valence-corrected chi connectivity index (χ2v) is 9.06. The van der Waals surface area contributed by atoms with Crippen molar-refractivity contribution >= 4 is 44.2 Å². The van der Waals surface area contributed by atoms with E-state index in [4.69, 9.17) is 0 Å². The fraction of sp³-hybridized carbons (Fsp3) is 0. The smallest absolute Gasteiger partial charge is 0.234 e. The number of hydrogen-bond acceptors (Lipinski definition) is 6. The molecule has 4 aromatic rings. The molecule has 0 N–H and O–H groups in total. The van der Waals surface area contributed by atoms with Crippen LogP contribution < -0.4 is 21.7 Å². The van der Waals surface area contributed by atoms with Crippen LogP contribution in [0, 0.1) is 0 Å². The van der Waals surface area contributed by atoms with Crippen molar-refractivity contribution < 1.29 is 0 Å². The van der Waals surface area contributed by atoms with Crippen LogP contribution in [0.25, 0.3) is 53.6 Å². The van der Waals surface area contributed by atoms with Crippen molar-refractivity contribution in [2.75, 3.05) is 0 Å². The molecule has 0 atom stereocenters. The zero-order chi connectivity index (χ0) is 20.6. The maximum atomic E-state index is 13.0. The summed E-state index contributed by atoms with van der Waals surface area (Å²) in [6.07, 6.45) is 0. The minimum absolute atomic E-state index is 0.194. The zero-order valence-corrected chi connectivity index (χ0v) is 16.9. The minimum Gasteiger partial charge on any atom is -0.285 e. The first-order valence-corrected chi connectivity index (χ1v) is 10.9. The lowest BCUT2D eigenvalue weighted by molar-refractivity contribution is 1.50. The highest BCUT2D eigenvalue weighted by molar-refractivity contribution is 7.13. The lowest BCUT2D eigenvalue weighted by Gasteiger charge is -2.16. The summed E-state index contributed by atoms with van der Waals surface area (Å²) in [5, 5.41) is 4.55. The Morgan fingerprint density at radius 3 is 1.10 bits per heavy atom. The summed E-state index contributed by atoms with van der Waals surface area (Å²) in [6, 6.07) is 14.1. The molecular weight excluding hydrogens is 416 g/mol. The Labute approximate surface area is 176 Å². The van der Waals surface area contributed by atoms with Crippen LogP contribution in [0.2, 0.25) is 0 Å². The van der Waals surface area contributed by atoms with Crippen LogP contribution in [-0.4, -0.2) is 0 Å². The molecule has 2 aromatic heterocycles. The highest BCUT2D eigenvalue weighted by Crippen LogP contribution is 2.40. The Morgan fingerprint density at radius 2 is 0.833 bits per heavy atom. The van der Waals surface area contributed by atoms with Gasteiger partial charge in [0.1, 0.15) is 0 Å². The second kappa shape index (κ2) is 6.01. The molecule has 4 nitrogen and oxygen atoms in total. The van der Waals surface area contributed by atoms with Crippen LogP contribution in [0.3, 0.4) is 0 Å². The largest absolute Gasteiger partial charge is 0.285 e. The standard InChI is InChI=1S/C24H10O4S2/c25-21-13-7-11(17-3-1-5-29-17)8-14-19(13)20-15(23(21)27)9-12(18-4-2-6-30-18)10-16(20)24(28)22(14)26/h1-10H. The molecule has 0 saturated carbocycles. The molecule has 6 heteroatoms. The van der Waals surface area contributed by atoms with E-state index in [9.17, 15) is 19.2 Å². The summed E-state index contributed by atoms with van der Waals surface area (Å²) in [5.74, 6) is 0. The third-order valence-electron chi connectivity index (χ3n) is 5.53. The maximum Gasteiger partial charge on any atom is 0.234 e. The van der Waals surface area contributed by atoms with Gasteiger partial charge in [0.05, 0.1) is 0 Å². The Bertz CT molecular complexity index is 1530. The first-order chi connectivity index (χ1) is 14.5. The van der Waals surface area contributed by atoms with Gasteiger partial charge in [0, 0.05) is 42.4 Å². The van der Waals surface area contributed by atoms with Crippen molar-refractivity contribution in [2.24, 2.45) is 0 Å². The lowest BCUT2D eigenvalue weighted by atomic mass is 9.85. The quantitative estimate of drug-likeness (QED) is 0.306. The predicted octanol–water partition coefficient (Wildman–Crippen LogP) is 4.31. The van der Waals surface area contributed by atoms with Crippen molar-refractivity contribution in [1.29, 1.82) is 0 Å². The third kappa shape index (κ3) is 2.20. The van der Waals surface area contributed by atoms with Gasteiger partial charge in [-0.05, 0) is 58.3 Å². The molecule has 2 aromatic carbocycles. The van der Waals surface area contributed by atoms with Gasteiger partial charge in [-0.2, -0.15) is 0 Å². The Morgan fingerprint density at radius 1 is 0.500 bits per heavy atom. The van der Waals surface area contributed by atoms with Crippen molar-refractivity contribution in [2.45, 2.75) is 0 Å². The summed E-state index contributed by atoms with van der Waals surface area (Å²) in [4.78, 5) is 53.9. The number of hydrogen-bond donors (Lipinski definition) is 0. The van der Waals surface area contributed by atoms with Gasteiger partial charge in [0.15, 0.2) is 0 Å². The fourth-order valence-corrected chi connectivity index (χ4v) is 5.63. The van der Waals surface area contributed by atoms with Gasteiger partial charge < -0.3 is 0 Å². The Balaban J connectivity index is 1.89. The molecule has 0 bridgehead atoms. The summed E-state index contributed by atoms with van der Waals surface area (Å²) in [6.45, 7) is 0. The highest BCUT2D eigenvalue weighted by atomic mass is 32.1. The zero-order valence-electron chi connectivity index (χ0n) is 15.2. The van der Waals surface area contributed by atoms with Gasteiger partial charge in [-0.15, -0.1) is 22.7 Å². The summed E-state index contributed by atoms with van der Waals surface area (Å²) in [7, 11) is 0. The van der Waals surface area contributed by atoms with Crippen LogP contribution in [0.1, 0.15) is 0 Å². The van der Waals surface area contributed by atoms with Gasteiger partial charge in [-0.1, -0.05) is 12.1 Å². The highest BCUT2D eigenvalue weighted by Gasteiger charge is 2.26. The SMILES string of the molecule is O=c1c(=O)c2cc(-c3cccs3)cc3c2-c2c1cc(-c1cccs1)cc2c(=O)c3=O. The fourth-order valence-electron chi connectivity index (χ4n) is 4.20. The van der Waals surface area contributed by atoms with E-state index in [1.165, 1.54) is 22.7 Å². The van der Waals surface area contributed by atoms with Crippen molar-refractivity contribution in [3.8, 4) is 32.0 Å². The van der Waals surface area contributed by atoms with Crippen LogP contribution in [0.5, 0.6) is 0 Å². The maximum absolute atomic E-state index is 13.0. The molecular formula is C24H10O4S2. The van der Waals surface area contributed by atoms with E-state index in [2.05, 4.69) is 0 Å². The number of benzene rings is 4. The molecule has 0 amide bonds. The van der Waals surface area contributed by atoms with Gasteiger partial charge in [-0.25, -0.2) is 0 Å². The predicted molar refractivity (Wildman–Crippen MR) is 123 cm³/mol. The summed E-state index contributed by atoms with van der Waals surface area (Å²) in [5.41, 5.74) is -0.449. The van der Waals surface area contributed by atoms with Gasteiger partial charge in [-0.3, -0.25) is 19.2 Å². The molecule has 2 aliphatic carbocycles. The first-order valence-electron chi connectivity index (χ1n) is 9.17. The molecule has 0 aliphatic heterocycles. The Hall–Kier alpha value is -3.48. The van der Waals surface area contributed by atoms with E-state index in [0.717, 1.165) is 9.75 Å². The lowest BCUT2D eigenvalue weighted by Crippen LogP contribution is -2.31. The molecule has 0 unspecified atom stereocenters. The van der Waals surface area contributed by atoms with Gasteiger partial charge >= 0.3 is 0 Å². The summed E-state index contributed by atoms with van der Waals surface area (Å²) >= 11 is 2.92. The van der Waals surface area contributed by atoms with E-state index in [1.807, 2.05) is 35.0 Å². The normalized spacial score (nSPS) is 11.9. The van der Waals surface area contributed by atoms with E-state index in [0.29, 0.717) is 22.3 Å².